The summed E-state index contributed by atoms with van der Waals surface area (Å²) < 4.78 is 12.8. The fourth-order valence-corrected chi connectivity index (χ4v) is 7.25. The summed E-state index contributed by atoms with van der Waals surface area (Å²) in [7, 11) is 0. The molecule has 2 aliphatic carbocycles. The van der Waals surface area contributed by atoms with Gasteiger partial charge in [-0.25, -0.2) is 0 Å². The van der Waals surface area contributed by atoms with Gasteiger partial charge in [-0.2, -0.15) is 0 Å². The number of rotatable bonds is 22. The van der Waals surface area contributed by atoms with Gasteiger partial charge in [0.25, 0.3) is 0 Å². The largest absolute Gasteiger partial charge is 0.490 e. The molecular weight excluding hydrogens is 751 g/mol. The second-order valence-electron chi connectivity index (χ2n) is 15.6. The smallest absolute Gasteiger partial charge is 0.303 e. The average molecular weight is 804 g/mol. The molecule has 12 nitrogen and oxygen atoms in total. The summed E-state index contributed by atoms with van der Waals surface area (Å²) in [6.45, 7) is 2.46. The monoisotopic (exact) mass is 802 g/mol. The molecule has 14 heteroatoms. The fraction of sp³-hybridized carbons (Fsp3) is 0.537. The van der Waals surface area contributed by atoms with E-state index in [-0.39, 0.29) is 38.6 Å². The number of aliphatic hydroxyl groups excluding tert-OH is 5. The molecule has 3 aromatic rings. The van der Waals surface area contributed by atoms with Crippen LogP contribution in [0.25, 0.3) is 11.1 Å². The van der Waals surface area contributed by atoms with Gasteiger partial charge in [0.15, 0.2) is 0 Å². The van der Waals surface area contributed by atoms with Crippen molar-refractivity contribution in [2.45, 2.75) is 114 Å². The van der Waals surface area contributed by atoms with Crippen LogP contribution in [-0.4, -0.2) is 103 Å². The van der Waals surface area contributed by atoms with Crippen LogP contribution in [0, 0.1) is 5.41 Å². The number of hydrogen-bond acceptors (Lipinski definition) is 10. The van der Waals surface area contributed by atoms with Gasteiger partial charge < -0.3 is 45.0 Å². The number of aromatic nitrogens is 1. The molecular formula is C41H52Cl2N2O10. The van der Waals surface area contributed by atoms with E-state index >= 15 is 0 Å². The Balaban J connectivity index is 1.21. The van der Waals surface area contributed by atoms with Crippen molar-refractivity contribution >= 4 is 35.1 Å². The fourth-order valence-electron chi connectivity index (χ4n) is 6.73. The number of unbranched alkanes of at least 4 members (excludes halogenated alkanes) is 1. The highest BCUT2D eigenvalue weighted by Crippen LogP contribution is 2.53. The molecule has 0 radical (unpaired) electrons. The number of carbonyl (C=O) groups excluding carboxylic acids is 1. The summed E-state index contributed by atoms with van der Waals surface area (Å²) in [4.78, 5) is 30.5. The van der Waals surface area contributed by atoms with Gasteiger partial charge in [0.2, 0.25) is 5.91 Å². The highest BCUT2D eigenvalue weighted by molar-refractivity contribution is 6.34. The zero-order valence-corrected chi connectivity index (χ0v) is 32.8. The van der Waals surface area contributed by atoms with Crippen LogP contribution in [0.5, 0.6) is 5.75 Å². The summed E-state index contributed by atoms with van der Waals surface area (Å²) in [6.07, 6.45) is 1.80. The molecule has 1 aromatic heterocycles. The third-order valence-electron chi connectivity index (χ3n) is 10.2. The van der Waals surface area contributed by atoms with Crippen molar-refractivity contribution in [1.82, 2.24) is 9.88 Å². The van der Waals surface area contributed by atoms with Crippen molar-refractivity contribution < 1.29 is 49.7 Å². The summed E-state index contributed by atoms with van der Waals surface area (Å²) >= 11 is 13.5. The molecule has 0 saturated heterocycles. The molecule has 2 saturated carbocycles. The second-order valence-corrected chi connectivity index (χ2v) is 16.4. The molecule has 300 valence electrons. The van der Waals surface area contributed by atoms with Crippen molar-refractivity contribution in [3.63, 3.8) is 0 Å². The maximum absolute atomic E-state index is 13.4. The minimum atomic E-state index is -1.85. The molecule has 1 amide bonds. The maximum Gasteiger partial charge on any atom is 0.303 e. The molecule has 4 atom stereocenters. The maximum atomic E-state index is 13.4. The first-order valence-corrected chi connectivity index (χ1v) is 19.5. The Labute approximate surface area is 331 Å². The number of carboxylic acids is 1. The van der Waals surface area contributed by atoms with Crippen LogP contribution in [0.2, 0.25) is 10.0 Å². The number of amides is 1. The molecule has 55 heavy (non-hydrogen) atoms. The Bertz CT molecular complexity index is 1780. The van der Waals surface area contributed by atoms with Crippen LogP contribution >= 0.6 is 23.2 Å². The highest BCUT2D eigenvalue weighted by atomic mass is 35.5. The Kier molecular flexibility index (Phi) is 14.6. The van der Waals surface area contributed by atoms with Gasteiger partial charge in [-0.3, -0.25) is 14.6 Å². The normalized spacial score (nSPS) is 17.3. The molecule has 2 aliphatic rings. The third-order valence-corrected chi connectivity index (χ3v) is 10.9. The number of ether oxygens (including phenoxy) is 2. The SMILES string of the molecule is CC(C)(CC(=O)O)CC(=O)N(CCCCc1cc(Cl)c(COC2(c3cnccc3-c3ccccc3OC3CC3)CC2)cc1Cl)CC(O)C(O)C(O)C(O)CO. The van der Waals surface area contributed by atoms with Crippen LogP contribution in [0.3, 0.4) is 0 Å². The number of aryl methyl sites for hydroxylation is 1. The number of hydrogen-bond donors (Lipinski definition) is 6. The third kappa shape index (κ3) is 11.6. The van der Waals surface area contributed by atoms with E-state index in [1.807, 2.05) is 42.6 Å². The standard InChI is InChI=1S/C41H52Cl2N2O10/c1-40(2,20-37(50)51)19-36(49)45(22-33(47)38(52)39(53)34(48)23-46)16-6-5-7-25-17-32(43)26(18-31(25)42)24-54-41(13-14-41)30-21-44-15-12-28(30)29-8-3-4-9-35(29)55-27-10-11-27/h3-4,8-9,12,15,17-18,21,27,33-34,38-39,46-48,52-53H,5-7,10-11,13-14,16,19-20,22-24H2,1-2H3,(H,50,51). The number of benzene rings is 2. The molecule has 2 aromatic carbocycles. The lowest BCUT2D eigenvalue weighted by Gasteiger charge is -2.32. The minimum Gasteiger partial charge on any atom is -0.490 e. The molecule has 0 aliphatic heterocycles. The van der Waals surface area contributed by atoms with Gasteiger partial charge in [-0.05, 0) is 91.3 Å². The van der Waals surface area contributed by atoms with E-state index in [1.165, 1.54) is 4.90 Å². The van der Waals surface area contributed by atoms with Gasteiger partial charge in [0, 0.05) is 53.1 Å². The van der Waals surface area contributed by atoms with E-state index in [0.29, 0.717) is 29.3 Å². The van der Waals surface area contributed by atoms with Gasteiger partial charge >= 0.3 is 5.97 Å². The van der Waals surface area contributed by atoms with Crippen LogP contribution in [0.15, 0.2) is 54.9 Å². The Morgan fingerprint density at radius 1 is 0.945 bits per heavy atom. The van der Waals surface area contributed by atoms with Gasteiger partial charge in [0.1, 0.15) is 30.2 Å². The van der Waals surface area contributed by atoms with Gasteiger partial charge in [-0.15, -0.1) is 0 Å². The van der Waals surface area contributed by atoms with Crippen molar-refractivity contribution in [2.24, 2.45) is 5.41 Å². The van der Waals surface area contributed by atoms with E-state index in [9.17, 15) is 35.1 Å². The minimum absolute atomic E-state index is 0.138. The molecule has 0 bridgehead atoms. The summed E-state index contributed by atoms with van der Waals surface area (Å²) in [5.41, 5.74) is 3.17. The lowest BCUT2D eigenvalue weighted by Crippen LogP contribution is -2.51. The first-order valence-electron chi connectivity index (χ1n) is 18.8. The van der Waals surface area contributed by atoms with Crippen molar-refractivity contribution in [2.75, 3.05) is 19.7 Å². The Morgan fingerprint density at radius 3 is 2.29 bits per heavy atom. The van der Waals surface area contributed by atoms with E-state index in [4.69, 9.17) is 37.8 Å². The second kappa shape index (κ2) is 18.7. The van der Waals surface area contributed by atoms with Crippen LogP contribution in [0.1, 0.15) is 81.9 Å². The Morgan fingerprint density at radius 2 is 1.62 bits per heavy atom. The molecule has 6 N–H and O–H groups in total. The topological polar surface area (TPSA) is 190 Å². The summed E-state index contributed by atoms with van der Waals surface area (Å²) in [5, 5.41) is 60.3. The average Bonchev–Trinajstić information content (AvgIpc) is 4.09. The lowest BCUT2D eigenvalue weighted by molar-refractivity contribution is -0.143. The number of nitrogens with zero attached hydrogens (tertiary/aromatic N) is 2. The van der Waals surface area contributed by atoms with E-state index in [2.05, 4.69) is 11.1 Å². The predicted octanol–water partition coefficient (Wildman–Crippen LogP) is 5.28. The number of aliphatic hydroxyl groups is 5. The van der Waals surface area contributed by atoms with Crippen LogP contribution in [-0.2, 0) is 33.0 Å². The number of carboxylic acid groups (broad SMARTS) is 1. The highest BCUT2D eigenvalue weighted by Gasteiger charge is 2.48. The number of para-hydroxylation sites is 1. The quantitative estimate of drug-likeness (QED) is 0.0725. The van der Waals surface area contributed by atoms with Crippen LogP contribution < -0.4 is 4.74 Å². The van der Waals surface area contributed by atoms with E-state index in [1.54, 1.807) is 20.0 Å². The molecule has 1 heterocycles. The molecule has 0 spiro atoms. The molecule has 4 unspecified atom stereocenters. The first kappa shape index (κ1) is 42.8. The zero-order chi connectivity index (χ0) is 39.9. The van der Waals surface area contributed by atoms with Crippen molar-refractivity contribution in [3.05, 3.63) is 81.6 Å². The van der Waals surface area contributed by atoms with E-state index in [0.717, 1.165) is 59.3 Å². The van der Waals surface area contributed by atoms with E-state index < -0.39 is 53.9 Å². The number of aliphatic carboxylic acids is 1. The molecule has 2 fully saturated rings. The summed E-state index contributed by atoms with van der Waals surface area (Å²) in [6, 6.07) is 13.7. The van der Waals surface area contributed by atoms with Crippen LogP contribution in [0.4, 0.5) is 0 Å². The predicted molar refractivity (Wildman–Crippen MR) is 207 cm³/mol. The molecule has 5 rings (SSSR count). The Hall–Kier alpha value is -3.33. The van der Waals surface area contributed by atoms with Gasteiger partial charge in [0.05, 0.1) is 31.3 Å². The van der Waals surface area contributed by atoms with Crippen molar-refractivity contribution in [3.8, 4) is 16.9 Å². The van der Waals surface area contributed by atoms with Gasteiger partial charge in [-0.1, -0.05) is 55.2 Å². The lowest BCUT2D eigenvalue weighted by atomic mass is 9.85. The van der Waals surface area contributed by atoms with Crippen molar-refractivity contribution in [1.29, 1.82) is 0 Å². The number of pyridine rings is 1. The summed E-state index contributed by atoms with van der Waals surface area (Å²) in [5.74, 6) is -0.647. The number of halogens is 2. The number of carbonyl (C=O) groups is 2. The first-order chi connectivity index (χ1) is 26.1. The zero-order valence-electron chi connectivity index (χ0n) is 31.2.